The van der Waals surface area contributed by atoms with Gasteiger partial charge in [0.2, 0.25) is 0 Å². The van der Waals surface area contributed by atoms with Crippen molar-refractivity contribution in [1.29, 1.82) is 0 Å². The van der Waals surface area contributed by atoms with Crippen molar-refractivity contribution in [1.82, 2.24) is 24.8 Å². The van der Waals surface area contributed by atoms with E-state index >= 15 is 0 Å². The van der Waals surface area contributed by atoms with E-state index in [1.807, 2.05) is 31.1 Å². The second kappa shape index (κ2) is 7.52. The lowest BCUT2D eigenvalue weighted by Gasteiger charge is -2.31. The molecule has 3 aromatic rings. The summed E-state index contributed by atoms with van der Waals surface area (Å²) in [7, 11) is 0. The molecule has 0 N–H and O–H groups in total. The van der Waals surface area contributed by atoms with Crippen LogP contribution in [0.5, 0.6) is 0 Å². The second-order valence-electron chi connectivity index (χ2n) is 6.88. The number of hydrogen-bond donors (Lipinski definition) is 0. The van der Waals surface area contributed by atoms with Crippen LogP contribution in [0.4, 0.5) is 0 Å². The van der Waals surface area contributed by atoms with E-state index in [-0.39, 0.29) is 5.91 Å². The Morgan fingerprint density at radius 3 is 2.52 bits per heavy atom. The van der Waals surface area contributed by atoms with Crippen molar-refractivity contribution in [3.63, 3.8) is 0 Å². The molecule has 0 unspecified atom stereocenters. The number of pyridine rings is 1. The highest BCUT2D eigenvalue weighted by Crippen LogP contribution is 2.31. The van der Waals surface area contributed by atoms with E-state index in [2.05, 4.69) is 27.1 Å². The molecule has 1 amide bonds. The number of thiazole rings is 1. The fraction of sp³-hybridized carbons (Fsp3) is 0.350. The van der Waals surface area contributed by atoms with Crippen LogP contribution in [0.25, 0.3) is 11.1 Å². The Balaban J connectivity index is 1.49. The number of likely N-dealkylation sites (tertiary alicyclic amines) is 1. The zero-order valence-corrected chi connectivity index (χ0v) is 16.2. The topological polar surface area (TPSA) is 71.9 Å². The van der Waals surface area contributed by atoms with Gasteiger partial charge in [0.15, 0.2) is 0 Å². The molecular formula is C20H21N5OS. The highest BCUT2D eigenvalue weighted by atomic mass is 32.1. The summed E-state index contributed by atoms with van der Waals surface area (Å²) in [5.41, 5.74) is 6.73. The van der Waals surface area contributed by atoms with Crippen molar-refractivity contribution in [3.05, 3.63) is 58.3 Å². The number of nitrogens with zero attached hydrogens (tertiary/aromatic N) is 5. The molecule has 0 atom stereocenters. The van der Waals surface area contributed by atoms with Crippen LogP contribution in [0.3, 0.4) is 0 Å². The lowest BCUT2D eigenvalue weighted by atomic mass is 9.91. The average molecular weight is 379 g/mol. The van der Waals surface area contributed by atoms with Gasteiger partial charge in [-0.1, -0.05) is 0 Å². The van der Waals surface area contributed by atoms with Crippen LogP contribution in [-0.2, 0) is 0 Å². The van der Waals surface area contributed by atoms with Gasteiger partial charge in [-0.3, -0.25) is 9.78 Å². The molecule has 4 rings (SSSR count). The van der Waals surface area contributed by atoms with Crippen LogP contribution in [0.1, 0.15) is 45.5 Å². The molecule has 1 fully saturated rings. The quantitative estimate of drug-likeness (QED) is 0.695. The zero-order valence-electron chi connectivity index (χ0n) is 15.4. The number of aryl methyl sites for hydroxylation is 2. The second-order valence-corrected chi connectivity index (χ2v) is 7.74. The molecule has 0 saturated carbocycles. The highest BCUT2D eigenvalue weighted by molar-refractivity contribution is 7.11. The smallest absolute Gasteiger partial charge is 0.265 e. The van der Waals surface area contributed by atoms with Gasteiger partial charge >= 0.3 is 0 Å². The Bertz CT molecular complexity index is 948. The number of piperidine rings is 1. The molecule has 0 radical (unpaired) electrons. The highest BCUT2D eigenvalue weighted by Gasteiger charge is 2.27. The standard InChI is InChI=1S/C20H21N5OS/c1-13-7-16(17-9-21-11-22-10-17)8-18(24-13)15-3-5-25(6-4-15)20(26)19-14(2)23-12-27-19/h7-12,15H,3-6H2,1-2H3. The molecule has 3 aromatic heterocycles. The van der Waals surface area contributed by atoms with E-state index in [0.717, 1.165) is 59.0 Å². The third-order valence-corrected chi connectivity index (χ3v) is 5.92. The minimum atomic E-state index is 0.104. The van der Waals surface area contributed by atoms with E-state index < -0.39 is 0 Å². The van der Waals surface area contributed by atoms with Crippen LogP contribution in [0.15, 0.2) is 36.4 Å². The molecule has 0 spiro atoms. The van der Waals surface area contributed by atoms with E-state index in [1.54, 1.807) is 5.51 Å². The summed E-state index contributed by atoms with van der Waals surface area (Å²) in [6.07, 6.45) is 7.03. The molecular weight excluding hydrogens is 358 g/mol. The summed E-state index contributed by atoms with van der Waals surface area (Å²) in [4.78, 5) is 32.6. The normalized spacial score (nSPS) is 15.1. The molecule has 4 heterocycles. The van der Waals surface area contributed by atoms with Crippen LogP contribution < -0.4 is 0 Å². The summed E-state index contributed by atoms with van der Waals surface area (Å²) in [5, 5.41) is 0. The van der Waals surface area contributed by atoms with Crippen molar-refractivity contribution in [2.24, 2.45) is 0 Å². The Kier molecular flexibility index (Phi) is 4.94. The number of aromatic nitrogens is 4. The van der Waals surface area contributed by atoms with Gasteiger partial charge in [-0.2, -0.15) is 0 Å². The summed E-state index contributed by atoms with van der Waals surface area (Å²) >= 11 is 1.42. The fourth-order valence-electron chi connectivity index (χ4n) is 3.55. The molecule has 27 heavy (non-hydrogen) atoms. The third kappa shape index (κ3) is 3.73. The summed E-state index contributed by atoms with van der Waals surface area (Å²) in [5.74, 6) is 0.465. The van der Waals surface area contributed by atoms with E-state index in [4.69, 9.17) is 4.98 Å². The minimum absolute atomic E-state index is 0.104. The summed E-state index contributed by atoms with van der Waals surface area (Å²) in [6, 6.07) is 4.20. The van der Waals surface area contributed by atoms with Gasteiger partial charge in [0.1, 0.15) is 11.2 Å². The van der Waals surface area contributed by atoms with Gasteiger partial charge in [-0.25, -0.2) is 15.0 Å². The van der Waals surface area contributed by atoms with Gasteiger partial charge in [0.05, 0.1) is 11.2 Å². The summed E-state index contributed by atoms with van der Waals surface area (Å²) < 4.78 is 0. The molecule has 1 saturated heterocycles. The lowest BCUT2D eigenvalue weighted by molar-refractivity contribution is 0.0716. The Hall–Kier alpha value is -2.67. The largest absolute Gasteiger partial charge is 0.338 e. The average Bonchev–Trinajstić information content (AvgIpc) is 3.13. The number of rotatable bonds is 3. The number of carbonyl (C=O) groups is 1. The molecule has 1 aliphatic heterocycles. The maximum Gasteiger partial charge on any atom is 0.265 e. The monoisotopic (exact) mass is 379 g/mol. The molecule has 0 aliphatic carbocycles. The fourth-order valence-corrected chi connectivity index (χ4v) is 4.32. The van der Waals surface area contributed by atoms with Crippen molar-refractivity contribution in [2.75, 3.05) is 13.1 Å². The van der Waals surface area contributed by atoms with Crippen molar-refractivity contribution >= 4 is 17.2 Å². The molecule has 7 heteroatoms. The maximum atomic E-state index is 12.7. The first kappa shape index (κ1) is 17.7. The van der Waals surface area contributed by atoms with Gasteiger partial charge in [-0.05, 0) is 44.4 Å². The first-order chi connectivity index (χ1) is 13.1. The first-order valence-electron chi connectivity index (χ1n) is 9.05. The molecule has 0 aromatic carbocycles. The Labute approximate surface area is 162 Å². The predicted molar refractivity (Wildman–Crippen MR) is 105 cm³/mol. The van der Waals surface area contributed by atoms with Crippen LogP contribution in [0, 0.1) is 13.8 Å². The predicted octanol–water partition coefficient (Wildman–Crippen LogP) is 3.63. The van der Waals surface area contributed by atoms with E-state index in [1.165, 1.54) is 17.7 Å². The van der Waals surface area contributed by atoms with Crippen molar-refractivity contribution in [3.8, 4) is 11.1 Å². The molecule has 0 bridgehead atoms. The van der Waals surface area contributed by atoms with Crippen molar-refractivity contribution in [2.45, 2.75) is 32.6 Å². The summed E-state index contributed by atoms with van der Waals surface area (Å²) in [6.45, 7) is 5.41. The van der Waals surface area contributed by atoms with E-state index in [9.17, 15) is 4.79 Å². The van der Waals surface area contributed by atoms with Gasteiger partial charge < -0.3 is 4.90 Å². The third-order valence-electron chi connectivity index (χ3n) is 5.01. The lowest BCUT2D eigenvalue weighted by Crippen LogP contribution is -2.38. The maximum absolute atomic E-state index is 12.7. The van der Waals surface area contributed by atoms with Crippen LogP contribution in [-0.4, -0.2) is 43.8 Å². The first-order valence-corrected chi connectivity index (χ1v) is 9.93. The number of carbonyl (C=O) groups excluding carboxylic acids is 1. The van der Waals surface area contributed by atoms with Gasteiger partial charge in [-0.15, -0.1) is 11.3 Å². The van der Waals surface area contributed by atoms with Gasteiger partial charge in [0, 0.05) is 48.4 Å². The number of hydrogen-bond acceptors (Lipinski definition) is 6. The molecule has 6 nitrogen and oxygen atoms in total. The Morgan fingerprint density at radius 1 is 1.11 bits per heavy atom. The van der Waals surface area contributed by atoms with Crippen LogP contribution >= 0.6 is 11.3 Å². The molecule has 138 valence electrons. The van der Waals surface area contributed by atoms with Crippen molar-refractivity contribution < 1.29 is 4.79 Å². The SMILES string of the molecule is Cc1cc(-c2cncnc2)cc(C2CCN(C(=O)c3scnc3C)CC2)n1. The number of amides is 1. The van der Waals surface area contributed by atoms with Crippen LogP contribution in [0.2, 0.25) is 0 Å². The van der Waals surface area contributed by atoms with E-state index in [0.29, 0.717) is 5.92 Å². The zero-order chi connectivity index (χ0) is 18.8. The van der Waals surface area contributed by atoms with Gasteiger partial charge in [0.25, 0.3) is 5.91 Å². The Morgan fingerprint density at radius 2 is 1.85 bits per heavy atom. The minimum Gasteiger partial charge on any atom is -0.338 e. The molecule has 1 aliphatic rings.